The van der Waals surface area contributed by atoms with Gasteiger partial charge in [-0.15, -0.1) is 0 Å². The van der Waals surface area contributed by atoms with Crippen molar-refractivity contribution in [3.63, 3.8) is 0 Å². The molecule has 0 aliphatic heterocycles. The predicted octanol–water partition coefficient (Wildman–Crippen LogP) is 6.76. The molecule has 2 heterocycles. The van der Waals surface area contributed by atoms with Gasteiger partial charge in [0.15, 0.2) is 17.4 Å². The lowest BCUT2D eigenvalue weighted by Crippen LogP contribution is -2.13. The van der Waals surface area contributed by atoms with Crippen LogP contribution in [-0.4, -0.2) is 33.5 Å². The number of oxazole rings is 1. The summed E-state index contributed by atoms with van der Waals surface area (Å²) in [6, 6.07) is 6.50. The van der Waals surface area contributed by atoms with Crippen molar-refractivity contribution in [2.24, 2.45) is 0 Å². The zero-order valence-corrected chi connectivity index (χ0v) is 22.3. The number of hydrogen-bond donors (Lipinski definition) is 0. The number of carbonyl (C=O) groups is 1. The number of rotatable bonds is 11. The Morgan fingerprint density at radius 1 is 1.08 bits per heavy atom. The standard InChI is InChI=1S/C29H34FN3O4/c1-17(2)29-32-25-19(4)24(20(5)34)26(36-16-14-33-13-12-31-21(33)6)28(27(25)37-29)35-15-11-18(3)22-7-9-23(30)10-8-22/h7-10,12-13,17-18H,11,14-16H2,1-6H3. The Hall–Kier alpha value is -3.68. The molecule has 4 aromatic rings. The Morgan fingerprint density at radius 3 is 2.41 bits per heavy atom. The van der Waals surface area contributed by atoms with Gasteiger partial charge in [0.1, 0.15) is 23.8 Å². The smallest absolute Gasteiger partial charge is 0.207 e. The SMILES string of the molecule is CC(=O)c1c(OCCn2ccnc2C)c(OCCC(C)c2ccc(F)cc2)c2oc(C(C)C)nc2c1C. The molecule has 7 nitrogen and oxygen atoms in total. The topological polar surface area (TPSA) is 79.4 Å². The largest absolute Gasteiger partial charge is 0.487 e. The number of fused-ring (bicyclic) bond motifs is 1. The van der Waals surface area contributed by atoms with Crippen LogP contribution in [0.1, 0.15) is 79.2 Å². The molecule has 37 heavy (non-hydrogen) atoms. The Kier molecular flexibility index (Phi) is 7.95. The number of aromatic nitrogens is 3. The number of carbonyl (C=O) groups excluding carboxylic acids is 1. The van der Waals surface area contributed by atoms with Crippen molar-refractivity contribution in [1.82, 2.24) is 14.5 Å². The number of ketones is 1. The third-order valence-electron chi connectivity index (χ3n) is 6.60. The lowest BCUT2D eigenvalue weighted by atomic mass is 9.98. The first kappa shape index (κ1) is 26.4. The van der Waals surface area contributed by atoms with Crippen LogP contribution in [0.4, 0.5) is 4.39 Å². The van der Waals surface area contributed by atoms with Crippen molar-refractivity contribution in [3.8, 4) is 11.5 Å². The van der Waals surface area contributed by atoms with Crippen LogP contribution in [0.15, 0.2) is 41.1 Å². The molecule has 0 aliphatic rings. The second-order valence-electron chi connectivity index (χ2n) is 9.71. The molecule has 0 spiro atoms. The van der Waals surface area contributed by atoms with E-state index in [4.69, 9.17) is 13.9 Å². The molecule has 0 saturated heterocycles. The summed E-state index contributed by atoms with van der Waals surface area (Å²) in [5, 5.41) is 0. The lowest BCUT2D eigenvalue weighted by molar-refractivity contribution is 0.101. The molecule has 0 bridgehead atoms. The van der Waals surface area contributed by atoms with Gasteiger partial charge in [0.25, 0.3) is 0 Å². The van der Waals surface area contributed by atoms with Crippen LogP contribution in [0.5, 0.6) is 11.5 Å². The fraction of sp³-hybridized carbons (Fsp3) is 0.414. The van der Waals surface area contributed by atoms with Gasteiger partial charge in [-0.1, -0.05) is 32.9 Å². The molecule has 196 valence electrons. The molecule has 2 aromatic carbocycles. The summed E-state index contributed by atoms with van der Waals surface area (Å²) in [5.74, 6) is 2.02. The summed E-state index contributed by atoms with van der Waals surface area (Å²) < 4.78 is 34.0. The van der Waals surface area contributed by atoms with E-state index in [2.05, 4.69) is 16.9 Å². The van der Waals surface area contributed by atoms with E-state index in [9.17, 15) is 9.18 Å². The van der Waals surface area contributed by atoms with E-state index < -0.39 is 0 Å². The zero-order chi connectivity index (χ0) is 26.7. The Labute approximate surface area is 216 Å². The maximum absolute atomic E-state index is 13.3. The summed E-state index contributed by atoms with van der Waals surface area (Å²) in [5.41, 5.74) is 3.26. The van der Waals surface area contributed by atoms with Crippen molar-refractivity contribution in [1.29, 1.82) is 0 Å². The average molecular weight is 508 g/mol. The summed E-state index contributed by atoms with van der Waals surface area (Å²) in [7, 11) is 0. The second kappa shape index (κ2) is 11.2. The Morgan fingerprint density at radius 2 is 1.78 bits per heavy atom. The highest BCUT2D eigenvalue weighted by Crippen LogP contribution is 2.43. The first-order valence-corrected chi connectivity index (χ1v) is 12.6. The van der Waals surface area contributed by atoms with E-state index in [0.717, 1.165) is 11.4 Å². The molecule has 2 aromatic heterocycles. The molecule has 8 heteroatoms. The van der Waals surface area contributed by atoms with Crippen LogP contribution < -0.4 is 9.47 Å². The monoisotopic (exact) mass is 507 g/mol. The first-order chi connectivity index (χ1) is 17.7. The van der Waals surface area contributed by atoms with Gasteiger partial charge in [-0.3, -0.25) is 4.79 Å². The maximum atomic E-state index is 13.3. The predicted molar refractivity (Wildman–Crippen MR) is 140 cm³/mol. The molecule has 0 aliphatic carbocycles. The highest BCUT2D eigenvalue weighted by atomic mass is 19.1. The fourth-order valence-corrected chi connectivity index (χ4v) is 4.37. The lowest BCUT2D eigenvalue weighted by Gasteiger charge is -2.19. The zero-order valence-electron chi connectivity index (χ0n) is 22.3. The van der Waals surface area contributed by atoms with E-state index in [1.807, 2.05) is 38.5 Å². The second-order valence-corrected chi connectivity index (χ2v) is 9.71. The van der Waals surface area contributed by atoms with Crippen LogP contribution in [0.25, 0.3) is 11.1 Å². The minimum absolute atomic E-state index is 0.0625. The molecular formula is C29H34FN3O4. The van der Waals surface area contributed by atoms with Gasteiger partial charge in [-0.05, 0) is 56.4 Å². The number of imidazole rings is 1. The summed E-state index contributed by atoms with van der Waals surface area (Å²) in [6.45, 7) is 12.6. The molecule has 0 fully saturated rings. The Bertz CT molecular complexity index is 1390. The van der Waals surface area contributed by atoms with Crippen molar-refractivity contribution >= 4 is 16.9 Å². The number of ether oxygens (including phenoxy) is 2. The van der Waals surface area contributed by atoms with E-state index in [1.165, 1.54) is 19.1 Å². The van der Waals surface area contributed by atoms with Gasteiger partial charge < -0.3 is 18.5 Å². The van der Waals surface area contributed by atoms with Gasteiger partial charge in [0.05, 0.1) is 18.7 Å². The summed E-state index contributed by atoms with van der Waals surface area (Å²) in [4.78, 5) is 21.8. The molecule has 0 amide bonds. The maximum Gasteiger partial charge on any atom is 0.207 e. The molecular weight excluding hydrogens is 473 g/mol. The molecule has 1 unspecified atom stereocenters. The summed E-state index contributed by atoms with van der Waals surface area (Å²) >= 11 is 0. The van der Waals surface area contributed by atoms with E-state index in [0.29, 0.717) is 65.8 Å². The molecule has 0 radical (unpaired) electrons. The number of aryl methyl sites for hydroxylation is 2. The molecule has 1 atom stereocenters. The van der Waals surface area contributed by atoms with E-state index in [-0.39, 0.29) is 23.4 Å². The van der Waals surface area contributed by atoms with Crippen LogP contribution in [0.3, 0.4) is 0 Å². The normalized spacial score (nSPS) is 12.3. The minimum atomic E-state index is -0.259. The minimum Gasteiger partial charge on any atom is -0.487 e. The number of hydrogen-bond acceptors (Lipinski definition) is 6. The molecule has 0 N–H and O–H groups in total. The average Bonchev–Trinajstić information content (AvgIpc) is 3.48. The van der Waals surface area contributed by atoms with Gasteiger partial charge in [0, 0.05) is 18.3 Å². The summed E-state index contributed by atoms with van der Waals surface area (Å²) in [6.07, 6.45) is 4.30. The highest BCUT2D eigenvalue weighted by molar-refractivity contribution is 6.05. The number of benzene rings is 2. The third kappa shape index (κ3) is 5.68. The van der Waals surface area contributed by atoms with E-state index in [1.54, 1.807) is 18.3 Å². The van der Waals surface area contributed by atoms with Gasteiger partial charge in [-0.2, -0.15) is 0 Å². The first-order valence-electron chi connectivity index (χ1n) is 12.6. The van der Waals surface area contributed by atoms with Gasteiger partial charge >= 0.3 is 0 Å². The number of nitrogens with zero attached hydrogens (tertiary/aromatic N) is 3. The van der Waals surface area contributed by atoms with Gasteiger partial charge in [0.2, 0.25) is 11.3 Å². The van der Waals surface area contributed by atoms with Crippen LogP contribution in [-0.2, 0) is 6.54 Å². The molecule has 0 saturated carbocycles. The van der Waals surface area contributed by atoms with Crippen molar-refractivity contribution in [3.05, 3.63) is 70.9 Å². The number of halogens is 1. The quantitative estimate of drug-likeness (QED) is 0.209. The Balaban J connectivity index is 1.67. The third-order valence-corrected chi connectivity index (χ3v) is 6.60. The highest BCUT2D eigenvalue weighted by Gasteiger charge is 2.27. The number of Topliss-reactive ketones (excluding diaryl/α,β-unsaturated/α-hetero) is 1. The van der Waals surface area contributed by atoms with Crippen molar-refractivity contribution in [2.75, 3.05) is 13.2 Å². The van der Waals surface area contributed by atoms with Crippen molar-refractivity contribution < 1.29 is 23.1 Å². The van der Waals surface area contributed by atoms with Crippen LogP contribution in [0.2, 0.25) is 0 Å². The van der Waals surface area contributed by atoms with Crippen LogP contribution >= 0.6 is 0 Å². The van der Waals surface area contributed by atoms with Crippen LogP contribution in [0, 0.1) is 19.7 Å². The fourth-order valence-electron chi connectivity index (χ4n) is 4.37. The molecule has 4 rings (SSSR count). The van der Waals surface area contributed by atoms with Crippen molar-refractivity contribution in [2.45, 2.75) is 66.3 Å². The van der Waals surface area contributed by atoms with Gasteiger partial charge in [-0.25, -0.2) is 14.4 Å². The van der Waals surface area contributed by atoms with E-state index >= 15 is 0 Å².